The van der Waals surface area contributed by atoms with E-state index in [1.165, 1.54) is 24.6 Å². The number of rotatable bonds is 4. The van der Waals surface area contributed by atoms with Gasteiger partial charge in [0.2, 0.25) is 0 Å². The summed E-state index contributed by atoms with van der Waals surface area (Å²) in [6.07, 6.45) is 4.11. The van der Waals surface area contributed by atoms with Gasteiger partial charge < -0.3 is 5.11 Å². The molecule has 19 heavy (non-hydrogen) atoms. The quantitative estimate of drug-likeness (QED) is 0.906. The SMILES string of the molecule is N#Cc1ccc(F)cc1CN1CCCCC1CCO. The molecule has 4 heteroatoms. The van der Waals surface area contributed by atoms with Crippen LogP contribution in [0.25, 0.3) is 0 Å². The van der Waals surface area contributed by atoms with Crippen molar-refractivity contribution in [3.05, 3.63) is 35.1 Å². The molecule has 1 fully saturated rings. The summed E-state index contributed by atoms with van der Waals surface area (Å²) in [7, 11) is 0. The average molecular weight is 262 g/mol. The van der Waals surface area contributed by atoms with Gasteiger partial charge in [-0.2, -0.15) is 5.26 Å². The molecule has 0 amide bonds. The highest BCUT2D eigenvalue weighted by atomic mass is 19.1. The van der Waals surface area contributed by atoms with E-state index in [2.05, 4.69) is 11.0 Å². The smallest absolute Gasteiger partial charge is 0.123 e. The summed E-state index contributed by atoms with van der Waals surface area (Å²) in [6.45, 7) is 1.72. The zero-order valence-electron chi connectivity index (χ0n) is 11.0. The van der Waals surface area contributed by atoms with Crippen LogP contribution in [0.4, 0.5) is 4.39 Å². The van der Waals surface area contributed by atoms with Gasteiger partial charge in [-0.05, 0) is 49.6 Å². The minimum Gasteiger partial charge on any atom is -0.396 e. The molecule has 3 nitrogen and oxygen atoms in total. The molecule has 1 aromatic rings. The molecule has 0 saturated carbocycles. The monoisotopic (exact) mass is 262 g/mol. The fourth-order valence-corrected chi connectivity index (χ4v) is 2.77. The molecule has 0 spiro atoms. The van der Waals surface area contributed by atoms with E-state index in [4.69, 9.17) is 10.4 Å². The Kier molecular flexibility index (Phi) is 4.89. The first kappa shape index (κ1) is 14.0. The summed E-state index contributed by atoms with van der Waals surface area (Å²) in [4.78, 5) is 2.26. The van der Waals surface area contributed by atoms with Gasteiger partial charge in [-0.3, -0.25) is 4.90 Å². The minimum absolute atomic E-state index is 0.176. The average Bonchev–Trinajstić information content (AvgIpc) is 2.42. The number of piperidine rings is 1. The van der Waals surface area contributed by atoms with Crippen LogP contribution in [0, 0.1) is 17.1 Å². The van der Waals surface area contributed by atoms with Gasteiger partial charge in [0.05, 0.1) is 11.6 Å². The molecule has 1 unspecified atom stereocenters. The third kappa shape index (κ3) is 3.52. The standard InChI is InChI=1S/C15H19FN2O/c16-14-5-4-12(10-17)13(9-14)11-18-7-2-1-3-15(18)6-8-19/h4-5,9,15,19H,1-3,6-8,11H2. The van der Waals surface area contributed by atoms with Gasteiger partial charge in [-0.15, -0.1) is 0 Å². The van der Waals surface area contributed by atoms with Crippen molar-refractivity contribution in [2.75, 3.05) is 13.2 Å². The number of likely N-dealkylation sites (tertiary alicyclic amines) is 1. The number of benzene rings is 1. The van der Waals surface area contributed by atoms with Crippen LogP contribution in [0.5, 0.6) is 0 Å². The van der Waals surface area contributed by atoms with E-state index in [-0.39, 0.29) is 12.4 Å². The topological polar surface area (TPSA) is 47.3 Å². The zero-order chi connectivity index (χ0) is 13.7. The van der Waals surface area contributed by atoms with Crippen LogP contribution in [0.3, 0.4) is 0 Å². The van der Waals surface area contributed by atoms with Gasteiger partial charge in [0, 0.05) is 19.2 Å². The van der Waals surface area contributed by atoms with E-state index in [9.17, 15) is 4.39 Å². The summed E-state index contributed by atoms with van der Waals surface area (Å²) >= 11 is 0. The fraction of sp³-hybridized carbons (Fsp3) is 0.533. The molecule has 0 radical (unpaired) electrons. The molecule has 1 atom stereocenters. The van der Waals surface area contributed by atoms with Crippen molar-refractivity contribution in [1.82, 2.24) is 4.90 Å². The maximum Gasteiger partial charge on any atom is 0.123 e. The lowest BCUT2D eigenvalue weighted by Crippen LogP contribution is -2.39. The first-order valence-corrected chi connectivity index (χ1v) is 6.78. The first-order chi connectivity index (χ1) is 9.24. The Morgan fingerprint density at radius 3 is 3.00 bits per heavy atom. The molecule has 1 N–H and O–H groups in total. The number of aliphatic hydroxyl groups is 1. The van der Waals surface area contributed by atoms with Crippen LogP contribution in [0.2, 0.25) is 0 Å². The van der Waals surface area contributed by atoms with Crippen molar-refractivity contribution in [3.8, 4) is 6.07 Å². The van der Waals surface area contributed by atoms with Crippen LogP contribution in [-0.4, -0.2) is 29.2 Å². The lowest BCUT2D eigenvalue weighted by atomic mass is 9.98. The van der Waals surface area contributed by atoms with Crippen molar-refractivity contribution < 1.29 is 9.50 Å². The van der Waals surface area contributed by atoms with Crippen molar-refractivity contribution in [2.24, 2.45) is 0 Å². The van der Waals surface area contributed by atoms with Crippen molar-refractivity contribution in [3.63, 3.8) is 0 Å². The van der Waals surface area contributed by atoms with Gasteiger partial charge in [-0.1, -0.05) is 6.42 Å². The molecule has 1 heterocycles. The van der Waals surface area contributed by atoms with E-state index >= 15 is 0 Å². The van der Waals surface area contributed by atoms with Crippen molar-refractivity contribution in [1.29, 1.82) is 5.26 Å². The maximum atomic E-state index is 13.3. The van der Waals surface area contributed by atoms with E-state index in [1.54, 1.807) is 0 Å². The summed E-state index contributed by atoms with van der Waals surface area (Å²) in [5, 5.41) is 18.2. The molecule has 1 saturated heterocycles. The Bertz CT molecular complexity index is 468. The highest BCUT2D eigenvalue weighted by Gasteiger charge is 2.22. The molecule has 1 aromatic carbocycles. The zero-order valence-corrected chi connectivity index (χ0v) is 11.0. The van der Waals surface area contributed by atoms with Gasteiger partial charge >= 0.3 is 0 Å². The van der Waals surface area contributed by atoms with E-state index in [0.717, 1.165) is 31.4 Å². The predicted molar refractivity (Wildman–Crippen MR) is 70.9 cm³/mol. The third-order valence-electron chi connectivity index (χ3n) is 3.77. The summed E-state index contributed by atoms with van der Waals surface area (Å²) in [5.74, 6) is -0.301. The second kappa shape index (κ2) is 6.65. The predicted octanol–water partition coefficient (Wildman–Crippen LogP) is 2.43. The highest BCUT2D eigenvalue weighted by molar-refractivity contribution is 5.37. The molecular weight excluding hydrogens is 243 g/mol. The largest absolute Gasteiger partial charge is 0.396 e. The van der Waals surface area contributed by atoms with E-state index in [1.807, 2.05) is 0 Å². The third-order valence-corrected chi connectivity index (χ3v) is 3.77. The van der Waals surface area contributed by atoms with Crippen LogP contribution in [0.1, 0.15) is 36.8 Å². The molecule has 1 aliphatic rings. The number of nitriles is 1. The number of hydrogen-bond acceptors (Lipinski definition) is 3. The van der Waals surface area contributed by atoms with Gasteiger partial charge in [0.25, 0.3) is 0 Å². The van der Waals surface area contributed by atoms with Crippen LogP contribution in [0.15, 0.2) is 18.2 Å². The lowest BCUT2D eigenvalue weighted by molar-refractivity contribution is 0.112. The minimum atomic E-state index is -0.301. The Morgan fingerprint density at radius 2 is 2.26 bits per heavy atom. The molecule has 1 aliphatic heterocycles. The Morgan fingerprint density at radius 1 is 1.42 bits per heavy atom. The summed E-state index contributed by atoms with van der Waals surface area (Å²) < 4.78 is 13.3. The van der Waals surface area contributed by atoms with Gasteiger partial charge in [0.15, 0.2) is 0 Å². The molecule has 0 aromatic heterocycles. The molecular formula is C15H19FN2O. The van der Waals surface area contributed by atoms with Gasteiger partial charge in [-0.25, -0.2) is 4.39 Å². The normalized spacial score (nSPS) is 20.2. The number of nitrogens with zero attached hydrogens (tertiary/aromatic N) is 2. The second-order valence-corrected chi connectivity index (χ2v) is 5.05. The Hall–Kier alpha value is -1.44. The Labute approximate surface area is 113 Å². The second-order valence-electron chi connectivity index (χ2n) is 5.05. The number of aliphatic hydroxyl groups excluding tert-OH is 1. The maximum absolute atomic E-state index is 13.3. The number of hydrogen-bond donors (Lipinski definition) is 1. The fourth-order valence-electron chi connectivity index (χ4n) is 2.77. The van der Waals surface area contributed by atoms with Crippen molar-refractivity contribution in [2.45, 2.75) is 38.3 Å². The summed E-state index contributed by atoms with van der Waals surface area (Å²) in [6, 6.07) is 6.77. The Balaban J connectivity index is 2.14. The van der Waals surface area contributed by atoms with Crippen LogP contribution in [-0.2, 0) is 6.54 Å². The summed E-state index contributed by atoms with van der Waals surface area (Å²) in [5.41, 5.74) is 1.28. The molecule has 102 valence electrons. The first-order valence-electron chi connectivity index (χ1n) is 6.78. The van der Waals surface area contributed by atoms with Crippen LogP contribution < -0.4 is 0 Å². The molecule has 0 bridgehead atoms. The highest BCUT2D eigenvalue weighted by Crippen LogP contribution is 2.23. The molecule has 2 rings (SSSR count). The van der Waals surface area contributed by atoms with E-state index < -0.39 is 0 Å². The van der Waals surface area contributed by atoms with Crippen molar-refractivity contribution >= 4 is 0 Å². The van der Waals surface area contributed by atoms with Gasteiger partial charge in [0.1, 0.15) is 5.82 Å². The lowest BCUT2D eigenvalue weighted by Gasteiger charge is -2.35. The van der Waals surface area contributed by atoms with Crippen LogP contribution >= 0.6 is 0 Å². The number of halogens is 1. The van der Waals surface area contributed by atoms with E-state index in [0.29, 0.717) is 18.2 Å². The molecule has 0 aliphatic carbocycles.